The van der Waals surface area contributed by atoms with E-state index in [2.05, 4.69) is 13.8 Å². The van der Waals surface area contributed by atoms with Crippen molar-refractivity contribution in [2.75, 3.05) is 13.2 Å². The van der Waals surface area contributed by atoms with Gasteiger partial charge in [0, 0.05) is 11.4 Å². The van der Waals surface area contributed by atoms with Gasteiger partial charge in [-0.2, -0.15) is 0 Å². The van der Waals surface area contributed by atoms with Crippen LogP contribution in [0.4, 0.5) is 0 Å². The van der Waals surface area contributed by atoms with E-state index in [0.29, 0.717) is 34.6 Å². The minimum Gasteiger partial charge on any atom is -1.00 e. The van der Waals surface area contributed by atoms with E-state index in [1.165, 1.54) is 32.1 Å². The van der Waals surface area contributed by atoms with Gasteiger partial charge < -0.3 is 10.9 Å². The predicted molar refractivity (Wildman–Crippen MR) is 136 cm³/mol. The topological polar surface area (TPSA) is 35.5 Å². The zero-order chi connectivity index (χ0) is 22.5. The Hall–Kier alpha value is -0.683. The fourth-order valence-electron chi connectivity index (χ4n) is 3.14. The number of unbranched alkanes of at least 4 members (excludes halogenated alkanes) is 6. The summed E-state index contributed by atoms with van der Waals surface area (Å²) in [5, 5.41) is 1.59. The van der Waals surface area contributed by atoms with E-state index < -0.39 is 0 Å². The van der Waals surface area contributed by atoms with Crippen LogP contribution in [0, 0.1) is 0 Å². The zero-order valence-corrected chi connectivity index (χ0v) is 22.0. The van der Waals surface area contributed by atoms with Crippen molar-refractivity contribution >= 4 is 42.6 Å². The average molecular weight is 491 g/mol. The first kappa shape index (κ1) is 29.3. The van der Waals surface area contributed by atoms with Crippen molar-refractivity contribution in [3.05, 3.63) is 52.0 Å². The van der Waals surface area contributed by atoms with E-state index in [9.17, 15) is 4.79 Å². The number of rotatable bonds is 15. The quantitative estimate of drug-likeness (QED) is 0.196. The van der Waals surface area contributed by atoms with Gasteiger partial charge in [-0.15, -0.1) is 0 Å². The summed E-state index contributed by atoms with van der Waals surface area (Å²) in [5.41, 5.74) is 0.272. The molecular weight excluding hydrogens is 457 g/mol. The van der Waals surface area contributed by atoms with Crippen molar-refractivity contribution in [3.63, 3.8) is 0 Å². The minimum absolute atomic E-state index is 0. The molecular formula is C25H34Cl2LiO3P. The van der Waals surface area contributed by atoms with Crippen molar-refractivity contribution in [1.82, 2.24) is 0 Å². The standard InChI is InChI=1S/C25H33Cl2O3P.Li.H/c1-3-5-7-9-16-29-19-14-15-23(22(18-19)30-17-10-8-6-4-2)31-25(28)24-20(26)12-11-13-21(24)27;;/h11-15,18,31H,3-10,16-17H2,1-2H3;;/q;+1;-1. The molecule has 0 radical (unpaired) electrons. The molecule has 0 saturated carbocycles. The Morgan fingerprint density at radius 3 is 2.06 bits per heavy atom. The maximum atomic E-state index is 12.9. The van der Waals surface area contributed by atoms with Gasteiger partial charge in [-0.3, -0.25) is 4.79 Å². The second-order valence-electron chi connectivity index (χ2n) is 7.53. The van der Waals surface area contributed by atoms with E-state index in [4.69, 9.17) is 32.7 Å². The summed E-state index contributed by atoms with van der Waals surface area (Å²) in [4.78, 5) is 12.9. The van der Waals surface area contributed by atoms with Crippen LogP contribution < -0.4 is 33.6 Å². The largest absolute Gasteiger partial charge is 1.00 e. The van der Waals surface area contributed by atoms with Crippen molar-refractivity contribution in [2.24, 2.45) is 0 Å². The van der Waals surface area contributed by atoms with Crippen molar-refractivity contribution < 1.29 is 34.6 Å². The van der Waals surface area contributed by atoms with Gasteiger partial charge in [0.15, 0.2) is 5.52 Å². The molecule has 0 saturated heterocycles. The van der Waals surface area contributed by atoms with Gasteiger partial charge in [-0.25, -0.2) is 0 Å². The molecule has 2 rings (SSSR count). The van der Waals surface area contributed by atoms with Crippen LogP contribution in [0.2, 0.25) is 10.0 Å². The summed E-state index contributed by atoms with van der Waals surface area (Å²) in [7, 11) is -0.130. The second kappa shape index (κ2) is 16.9. The number of benzene rings is 2. The fourth-order valence-corrected chi connectivity index (χ4v) is 4.95. The maximum Gasteiger partial charge on any atom is 1.00 e. The summed E-state index contributed by atoms with van der Waals surface area (Å²) < 4.78 is 12.0. The van der Waals surface area contributed by atoms with Gasteiger partial charge in [0.25, 0.3) is 0 Å². The SMILES string of the molecule is CCCCCCOc1ccc(PC(=O)c2c(Cl)cccc2Cl)c(OCCCCCC)c1.[H-].[Li+]. The Morgan fingerprint density at radius 1 is 0.875 bits per heavy atom. The fraction of sp³-hybridized carbons (Fsp3) is 0.480. The average Bonchev–Trinajstić information content (AvgIpc) is 2.75. The summed E-state index contributed by atoms with van der Waals surface area (Å²) in [6.45, 7) is 5.69. The monoisotopic (exact) mass is 490 g/mol. The van der Waals surface area contributed by atoms with E-state index in [1.807, 2.05) is 18.2 Å². The molecule has 32 heavy (non-hydrogen) atoms. The molecule has 0 N–H and O–H groups in total. The van der Waals surface area contributed by atoms with Gasteiger partial charge >= 0.3 is 18.9 Å². The number of hydrogen-bond donors (Lipinski definition) is 0. The molecule has 0 bridgehead atoms. The van der Waals surface area contributed by atoms with Crippen LogP contribution in [-0.4, -0.2) is 18.7 Å². The molecule has 0 spiro atoms. The number of carbonyl (C=O) groups is 1. The molecule has 3 nitrogen and oxygen atoms in total. The first-order valence-corrected chi connectivity index (χ1v) is 13.0. The van der Waals surface area contributed by atoms with Crippen LogP contribution in [0.3, 0.4) is 0 Å². The van der Waals surface area contributed by atoms with Crippen molar-refractivity contribution in [3.8, 4) is 11.5 Å². The molecule has 7 heteroatoms. The molecule has 0 aliphatic carbocycles. The molecule has 2 aromatic carbocycles. The minimum atomic E-state index is -0.130. The van der Waals surface area contributed by atoms with Crippen LogP contribution >= 0.6 is 31.8 Å². The molecule has 1 atom stereocenters. The van der Waals surface area contributed by atoms with Crippen LogP contribution in [0.25, 0.3) is 0 Å². The second-order valence-corrected chi connectivity index (χ2v) is 9.58. The third kappa shape index (κ3) is 10.1. The van der Waals surface area contributed by atoms with Gasteiger partial charge in [0.05, 0.1) is 28.8 Å². The van der Waals surface area contributed by atoms with Gasteiger partial charge in [0.2, 0.25) is 0 Å². The third-order valence-corrected chi connectivity index (χ3v) is 6.70. The molecule has 172 valence electrons. The Morgan fingerprint density at radius 2 is 1.47 bits per heavy atom. The van der Waals surface area contributed by atoms with Gasteiger partial charge in [0.1, 0.15) is 11.5 Å². The van der Waals surface area contributed by atoms with E-state index in [0.717, 1.165) is 30.3 Å². The summed E-state index contributed by atoms with van der Waals surface area (Å²) in [6.07, 6.45) is 9.14. The Labute approximate surface area is 218 Å². The Bertz CT molecular complexity index is 819. The number of ether oxygens (including phenoxy) is 2. The summed E-state index contributed by atoms with van der Waals surface area (Å²) >= 11 is 12.5. The third-order valence-electron chi connectivity index (χ3n) is 4.91. The number of halogens is 2. The molecule has 1 unspecified atom stereocenters. The van der Waals surface area contributed by atoms with Crippen LogP contribution in [0.15, 0.2) is 36.4 Å². The normalized spacial score (nSPS) is 10.9. The number of hydrogen-bond acceptors (Lipinski definition) is 3. The van der Waals surface area contributed by atoms with Crippen LogP contribution in [-0.2, 0) is 0 Å². The summed E-state index contributed by atoms with van der Waals surface area (Å²) in [5.74, 6) is 1.48. The molecule has 0 aromatic heterocycles. The molecule has 0 amide bonds. The van der Waals surface area contributed by atoms with Crippen LogP contribution in [0.5, 0.6) is 11.5 Å². The predicted octanol–water partition coefficient (Wildman–Crippen LogP) is 5.17. The Kier molecular flexibility index (Phi) is 15.5. The molecule has 0 fully saturated rings. The molecule has 0 heterocycles. The van der Waals surface area contributed by atoms with Crippen molar-refractivity contribution in [2.45, 2.75) is 65.2 Å². The Balaban J connectivity index is 0.00000512. The van der Waals surface area contributed by atoms with Gasteiger partial charge in [-0.05, 0) is 45.7 Å². The number of carbonyl (C=O) groups excluding carboxylic acids is 1. The zero-order valence-electron chi connectivity index (χ0n) is 20.5. The maximum absolute atomic E-state index is 12.9. The molecule has 2 aromatic rings. The molecule has 0 aliphatic rings. The van der Waals surface area contributed by atoms with E-state index in [-0.39, 0.29) is 34.4 Å². The smallest absolute Gasteiger partial charge is 1.00 e. The van der Waals surface area contributed by atoms with E-state index in [1.54, 1.807) is 18.2 Å². The molecule has 0 aliphatic heterocycles. The first-order chi connectivity index (χ1) is 15.1. The summed E-state index contributed by atoms with van der Waals surface area (Å²) in [6, 6.07) is 10.8. The van der Waals surface area contributed by atoms with E-state index >= 15 is 0 Å². The first-order valence-electron chi connectivity index (χ1n) is 11.2. The van der Waals surface area contributed by atoms with Crippen molar-refractivity contribution in [1.29, 1.82) is 0 Å². The van der Waals surface area contributed by atoms with Gasteiger partial charge in [-0.1, -0.05) is 81.6 Å². The van der Waals surface area contributed by atoms with Crippen LogP contribution in [0.1, 0.15) is 77.0 Å².